The van der Waals surface area contributed by atoms with E-state index in [4.69, 9.17) is 16.3 Å². The number of methoxy groups -OCH3 is 1. The number of ether oxygens (including phenoxy) is 1. The lowest BCUT2D eigenvalue weighted by atomic mass is 10.3. The van der Waals surface area contributed by atoms with E-state index in [1.807, 2.05) is 24.3 Å². The van der Waals surface area contributed by atoms with E-state index in [1.165, 1.54) is 18.3 Å². The Bertz CT molecular complexity index is 844. The molecule has 2 aromatic carbocycles. The van der Waals surface area contributed by atoms with Crippen LogP contribution in [0.2, 0.25) is 5.02 Å². The fraction of sp³-hybridized carbons (Fsp3) is 0.0625. The zero-order valence-corrected chi connectivity index (χ0v) is 13.4. The summed E-state index contributed by atoms with van der Waals surface area (Å²) >= 11 is 5.76. The lowest BCUT2D eigenvalue weighted by molar-refractivity contribution is 0.415. The molecule has 0 spiro atoms. The van der Waals surface area contributed by atoms with Gasteiger partial charge in [-0.3, -0.25) is 0 Å². The van der Waals surface area contributed by atoms with Gasteiger partial charge in [-0.25, -0.2) is 4.39 Å². The van der Waals surface area contributed by atoms with E-state index >= 15 is 0 Å². The molecule has 0 bridgehead atoms. The smallest absolute Gasteiger partial charge is 0.249 e. The normalized spacial score (nSPS) is 10.3. The monoisotopic (exact) mass is 345 g/mol. The van der Waals surface area contributed by atoms with Crippen LogP contribution in [-0.2, 0) is 0 Å². The van der Waals surface area contributed by atoms with Crippen molar-refractivity contribution in [1.82, 2.24) is 15.2 Å². The van der Waals surface area contributed by atoms with Crippen molar-refractivity contribution in [1.29, 1.82) is 0 Å². The van der Waals surface area contributed by atoms with Gasteiger partial charge in [0.2, 0.25) is 5.95 Å². The summed E-state index contributed by atoms with van der Waals surface area (Å²) in [6, 6.07) is 11.6. The quantitative estimate of drug-likeness (QED) is 0.723. The van der Waals surface area contributed by atoms with Gasteiger partial charge in [-0.15, -0.1) is 5.10 Å². The standard InChI is InChI=1S/C16H13ClFN5O/c1-24-12-5-2-10(3-6-12)21-16-22-15(9-19-23-16)20-11-4-7-14(18)13(17)8-11/h2-9H,1H3,(H2,20,21,22,23). The summed E-state index contributed by atoms with van der Waals surface area (Å²) in [6.45, 7) is 0. The summed E-state index contributed by atoms with van der Waals surface area (Å²) < 4.78 is 18.3. The van der Waals surface area contributed by atoms with Crippen LogP contribution in [-0.4, -0.2) is 22.3 Å². The van der Waals surface area contributed by atoms with Crippen LogP contribution in [0.15, 0.2) is 48.7 Å². The lowest BCUT2D eigenvalue weighted by Crippen LogP contribution is -2.02. The highest BCUT2D eigenvalue weighted by Gasteiger charge is 2.05. The molecule has 3 rings (SSSR count). The first kappa shape index (κ1) is 15.9. The van der Waals surface area contributed by atoms with Crippen molar-refractivity contribution in [2.24, 2.45) is 0 Å². The van der Waals surface area contributed by atoms with Crippen molar-refractivity contribution < 1.29 is 9.13 Å². The third-order valence-corrected chi connectivity index (χ3v) is 3.39. The molecule has 8 heteroatoms. The summed E-state index contributed by atoms with van der Waals surface area (Å²) in [4.78, 5) is 4.29. The molecule has 122 valence electrons. The van der Waals surface area contributed by atoms with E-state index in [1.54, 1.807) is 13.2 Å². The van der Waals surface area contributed by atoms with Crippen LogP contribution >= 0.6 is 11.6 Å². The van der Waals surface area contributed by atoms with E-state index in [2.05, 4.69) is 25.8 Å². The molecule has 0 saturated heterocycles. The maximum atomic E-state index is 13.2. The molecule has 1 aromatic heterocycles. The van der Waals surface area contributed by atoms with Gasteiger partial charge in [0.1, 0.15) is 11.6 Å². The minimum atomic E-state index is -0.482. The zero-order chi connectivity index (χ0) is 16.9. The van der Waals surface area contributed by atoms with E-state index in [9.17, 15) is 4.39 Å². The lowest BCUT2D eigenvalue weighted by Gasteiger charge is -2.08. The largest absolute Gasteiger partial charge is 0.497 e. The first-order valence-electron chi connectivity index (χ1n) is 6.97. The Labute approximate surface area is 142 Å². The molecule has 0 aliphatic carbocycles. The van der Waals surface area contributed by atoms with Crippen molar-refractivity contribution in [2.45, 2.75) is 0 Å². The average Bonchev–Trinajstić information content (AvgIpc) is 2.59. The van der Waals surface area contributed by atoms with Gasteiger partial charge in [0, 0.05) is 11.4 Å². The summed E-state index contributed by atoms with van der Waals surface area (Å²) in [5.74, 6) is 1.04. The van der Waals surface area contributed by atoms with Crippen LogP contribution in [0.25, 0.3) is 0 Å². The van der Waals surface area contributed by atoms with E-state index in [-0.39, 0.29) is 5.02 Å². The number of rotatable bonds is 5. The molecule has 0 unspecified atom stereocenters. The molecule has 24 heavy (non-hydrogen) atoms. The van der Waals surface area contributed by atoms with Crippen LogP contribution in [0.5, 0.6) is 5.75 Å². The Balaban J connectivity index is 1.74. The maximum absolute atomic E-state index is 13.2. The van der Waals surface area contributed by atoms with E-state index in [0.29, 0.717) is 17.5 Å². The summed E-state index contributed by atoms with van der Waals surface area (Å²) in [5, 5.41) is 13.9. The Morgan fingerprint density at radius 3 is 2.50 bits per heavy atom. The SMILES string of the molecule is COc1ccc(Nc2nncc(Nc3ccc(F)c(Cl)c3)n2)cc1. The van der Waals surface area contributed by atoms with Crippen molar-refractivity contribution in [3.63, 3.8) is 0 Å². The second-order valence-corrected chi connectivity index (χ2v) is 5.18. The van der Waals surface area contributed by atoms with Crippen molar-refractivity contribution in [3.05, 3.63) is 59.5 Å². The van der Waals surface area contributed by atoms with Crippen molar-refractivity contribution >= 4 is 34.7 Å². The number of halogens is 2. The van der Waals surface area contributed by atoms with Gasteiger partial charge in [0.05, 0.1) is 18.3 Å². The number of hydrogen-bond donors (Lipinski definition) is 2. The van der Waals surface area contributed by atoms with E-state index in [0.717, 1.165) is 11.4 Å². The van der Waals surface area contributed by atoms with Crippen LogP contribution in [0.3, 0.4) is 0 Å². The van der Waals surface area contributed by atoms with Crippen molar-refractivity contribution in [2.75, 3.05) is 17.7 Å². The molecule has 2 N–H and O–H groups in total. The Hall–Kier alpha value is -2.93. The molecular weight excluding hydrogens is 333 g/mol. The summed E-state index contributed by atoms with van der Waals surface area (Å²) in [7, 11) is 1.60. The highest BCUT2D eigenvalue weighted by atomic mass is 35.5. The first-order valence-corrected chi connectivity index (χ1v) is 7.35. The van der Waals surface area contributed by atoms with Crippen molar-refractivity contribution in [3.8, 4) is 5.75 Å². The number of nitrogens with one attached hydrogen (secondary N) is 2. The Kier molecular flexibility index (Phi) is 4.72. The van der Waals surface area contributed by atoms with Gasteiger partial charge >= 0.3 is 0 Å². The predicted molar refractivity (Wildman–Crippen MR) is 90.8 cm³/mol. The minimum absolute atomic E-state index is 0.0265. The molecular formula is C16H13ClFN5O. The molecule has 1 heterocycles. The molecule has 0 atom stereocenters. The first-order chi connectivity index (χ1) is 11.6. The highest BCUT2D eigenvalue weighted by molar-refractivity contribution is 6.31. The third-order valence-electron chi connectivity index (χ3n) is 3.10. The molecule has 3 aromatic rings. The second kappa shape index (κ2) is 7.10. The number of benzene rings is 2. The number of anilines is 4. The van der Waals surface area contributed by atoms with Gasteiger partial charge in [-0.05, 0) is 42.5 Å². The highest BCUT2D eigenvalue weighted by Crippen LogP contribution is 2.22. The van der Waals surface area contributed by atoms with Gasteiger partial charge in [0.25, 0.3) is 0 Å². The van der Waals surface area contributed by atoms with Crippen LogP contribution in [0.1, 0.15) is 0 Å². The zero-order valence-electron chi connectivity index (χ0n) is 12.6. The fourth-order valence-electron chi connectivity index (χ4n) is 1.94. The summed E-state index contributed by atoms with van der Waals surface area (Å²) in [5.41, 5.74) is 1.39. The Morgan fingerprint density at radius 2 is 1.79 bits per heavy atom. The fourth-order valence-corrected chi connectivity index (χ4v) is 2.12. The summed E-state index contributed by atoms with van der Waals surface area (Å²) in [6.07, 6.45) is 1.45. The molecule has 6 nitrogen and oxygen atoms in total. The topological polar surface area (TPSA) is 72.0 Å². The second-order valence-electron chi connectivity index (χ2n) is 4.77. The molecule has 0 amide bonds. The minimum Gasteiger partial charge on any atom is -0.497 e. The molecule has 0 saturated carbocycles. The van der Waals surface area contributed by atoms with Gasteiger partial charge < -0.3 is 15.4 Å². The Morgan fingerprint density at radius 1 is 1.04 bits per heavy atom. The van der Waals surface area contributed by atoms with Crippen LogP contribution < -0.4 is 15.4 Å². The van der Waals surface area contributed by atoms with Crippen LogP contribution in [0, 0.1) is 5.82 Å². The number of nitrogens with zero attached hydrogens (tertiary/aromatic N) is 3. The molecule has 0 radical (unpaired) electrons. The predicted octanol–water partition coefficient (Wildman–Crippen LogP) is 4.16. The third kappa shape index (κ3) is 3.88. The van der Waals surface area contributed by atoms with Crippen LogP contribution in [0.4, 0.5) is 27.5 Å². The maximum Gasteiger partial charge on any atom is 0.249 e. The number of hydrogen-bond acceptors (Lipinski definition) is 6. The molecule has 0 aliphatic heterocycles. The molecule has 0 aliphatic rings. The van der Waals surface area contributed by atoms with E-state index < -0.39 is 5.82 Å². The average molecular weight is 346 g/mol. The number of aromatic nitrogens is 3. The van der Waals surface area contributed by atoms with Gasteiger partial charge in [-0.2, -0.15) is 10.1 Å². The van der Waals surface area contributed by atoms with Gasteiger partial charge in [-0.1, -0.05) is 11.6 Å². The van der Waals surface area contributed by atoms with Gasteiger partial charge in [0.15, 0.2) is 5.82 Å². The molecule has 0 fully saturated rings.